The second-order valence-electron chi connectivity index (χ2n) is 8.86. The number of rotatable bonds is 4. The van der Waals surface area contributed by atoms with Crippen molar-refractivity contribution in [1.82, 2.24) is 24.8 Å². The molecule has 4 heterocycles. The highest BCUT2D eigenvalue weighted by Crippen LogP contribution is 2.31. The van der Waals surface area contributed by atoms with Crippen LogP contribution in [0, 0.1) is 0 Å². The molecule has 2 amide bonds. The molecule has 1 aromatic carbocycles. The van der Waals surface area contributed by atoms with E-state index >= 15 is 0 Å². The number of H-pyrrole nitrogens is 1. The van der Waals surface area contributed by atoms with Crippen LogP contribution in [-0.2, 0) is 4.74 Å². The van der Waals surface area contributed by atoms with Crippen molar-refractivity contribution in [3.63, 3.8) is 0 Å². The molecule has 1 N–H and O–H groups in total. The van der Waals surface area contributed by atoms with Gasteiger partial charge in [0.1, 0.15) is 6.10 Å². The molecule has 0 aliphatic carbocycles. The molecule has 2 aliphatic heterocycles. The van der Waals surface area contributed by atoms with E-state index in [0.29, 0.717) is 35.5 Å². The van der Waals surface area contributed by atoms with E-state index in [1.54, 1.807) is 19.0 Å². The number of aromatic nitrogens is 3. The van der Waals surface area contributed by atoms with Gasteiger partial charge in [0, 0.05) is 64.4 Å². The van der Waals surface area contributed by atoms with Crippen molar-refractivity contribution in [2.45, 2.75) is 18.9 Å². The molecule has 2 aromatic heterocycles. The van der Waals surface area contributed by atoms with Crippen LogP contribution in [0.2, 0.25) is 5.02 Å². The van der Waals surface area contributed by atoms with Crippen LogP contribution < -0.4 is 9.64 Å². The van der Waals surface area contributed by atoms with Gasteiger partial charge in [-0.25, -0.2) is 9.78 Å². The second kappa shape index (κ2) is 9.68. The van der Waals surface area contributed by atoms with Crippen LogP contribution in [0.5, 0.6) is 6.01 Å². The Morgan fingerprint density at radius 3 is 2.50 bits per heavy atom. The fourth-order valence-electron chi connectivity index (χ4n) is 4.41. The van der Waals surface area contributed by atoms with Gasteiger partial charge in [-0.1, -0.05) is 23.7 Å². The summed E-state index contributed by atoms with van der Waals surface area (Å²) in [6.45, 7) is 4.62. The molecule has 5 rings (SSSR count). The number of anilines is 1. The summed E-state index contributed by atoms with van der Waals surface area (Å²) in [5, 5.41) is 0.553. The fourth-order valence-corrected chi connectivity index (χ4v) is 4.67. The number of piperidine rings is 1. The summed E-state index contributed by atoms with van der Waals surface area (Å²) in [7, 11) is 3.54. The third-order valence-electron chi connectivity index (χ3n) is 6.30. The number of morpholine rings is 1. The number of fused-ring (bicyclic) bond motifs is 1. The third-order valence-corrected chi connectivity index (χ3v) is 6.58. The summed E-state index contributed by atoms with van der Waals surface area (Å²) in [5.74, 6) is 0. The minimum Gasteiger partial charge on any atom is -0.461 e. The van der Waals surface area contributed by atoms with E-state index in [1.807, 2.05) is 23.1 Å². The van der Waals surface area contributed by atoms with Crippen molar-refractivity contribution in [2.75, 3.05) is 58.4 Å². The van der Waals surface area contributed by atoms with Crippen LogP contribution in [0.3, 0.4) is 0 Å². The Labute approximate surface area is 203 Å². The molecular formula is C24H29ClN6O3. The fraction of sp³-hybridized carbons (Fsp3) is 0.458. The Hall–Kier alpha value is -3.04. The topological polar surface area (TPSA) is 86.8 Å². The zero-order valence-corrected chi connectivity index (χ0v) is 20.2. The monoisotopic (exact) mass is 484 g/mol. The molecule has 180 valence electrons. The maximum Gasteiger partial charge on any atom is 0.319 e. The summed E-state index contributed by atoms with van der Waals surface area (Å²) >= 11 is 6.58. The first-order valence-corrected chi connectivity index (χ1v) is 12.0. The standard InChI is InChI=1S/C24H29ClN6O3/c1-29(2)24(32)31-9-7-18(8-10-31)34-23-26-20-15-19(25)21(27-22(20)28-23)16-3-5-17(6-4-16)30-11-13-33-14-12-30/h3-6,15,18H,7-14H2,1-2H3,(H,26,27,28). The first-order valence-electron chi connectivity index (χ1n) is 11.6. The number of nitrogens with zero attached hydrogens (tertiary/aromatic N) is 5. The lowest BCUT2D eigenvalue weighted by atomic mass is 10.1. The largest absolute Gasteiger partial charge is 0.461 e. The van der Waals surface area contributed by atoms with Crippen molar-refractivity contribution in [2.24, 2.45) is 0 Å². The van der Waals surface area contributed by atoms with Crippen molar-refractivity contribution in [3.05, 3.63) is 35.4 Å². The number of nitrogens with one attached hydrogen (secondary N) is 1. The molecule has 3 aromatic rings. The number of urea groups is 1. The quantitative estimate of drug-likeness (QED) is 0.608. The van der Waals surface area contributed by atoms with Crippen LogP contribution >= 0.6 is 11.6 Å². The Morgan fingerprint density at radius 2 is 1.82 bits per heavy atom. The number of pyridine rings is 1. The number of likely N-dealkylation sites (tertiary alicyclic amines) is 1. The highest BCUT2D eigenvalue weighted by atomic mass is 35.5. The van der Waals surface area contributed by atoms with E-state index in [1.165, 1.54) is 0 Å². The Bertz CT molecular complexity index is 1150. The van der Waals surface area contributed by atoms with Gasteiger partial charge >= 0.3 is 6.03 Å². The van der Waals surface area contributed by atoms with Crippen molar-refractivity contribution < 1.29 is 14.3 Å². The summed E-state index contributed by atoms with van der Waals surface area (Å²) in [6, 6.07) is 10.6. The minimum absolute atomic E-state index is 0.00514. The summed E-state index contributed by atoms with van der Waals surface area (Å²) in [6.07, 6.45) is 1.51. The normalized spacial score (nSPS) is 17.3. The number of halogens is 1. The Morgan fingerprint density at radius 1 is 1.12 bits per heavy atom. The maximum atomic E-state index is 12.1. The smallest absolute Gasteiger partial charge is 0.319 e. The van der Waals surface area contributed by atoms with Crippen LogP contribution in [0.4, 0.5) is 10.5 Å². The van der Waals surface area contributed by atoms with Gasteiger partial charge in [-0.3, -0.25) is 0 Å². The molecule has 34 heavy (non-hydrogen) atoms. The van der Waals surface area contributed by atoms with E-state index in [0.717, 1.165) is 55.9 Å². The van der Waals surface area contributed by atoms with Gasteiger partial charge < -0.3 is 29.2 Å². The average molecular weight is 485 g/mol. The zero-order valence-electron chi connectivity index (χ0n) is 19.5. The molecule has 2 aliphatic rings. The lowest BCUT2D eigenvalue weighted by molar-refractivity contribution is 0.0958. The van der Waals surface area contributed by atoms with Crippen molar-refractivity contribution >= 4 is 34.5 Å². The second-order valence-corrected chi connectivity index (χ2v) is 9.27. The van der Waals surface area contributed by atoms with Crippen LogP contribution in [0.25, 0.3) is 22.4 Å². The lowest BCUT2D eigenvalue weighted by Gasteiger charge is -2.33. The van der Waals surface area contributed by atoms with E-state index < -0.39 is 0 Å². The molecule has 0 unspecified atom stereocenters. The zero-order chi connectivity index (χ0) is 23.7. The predicted molar refractivity (Wildman–Crippen MR) is 132 cm³/mol. The Kier molecular flexibility index (Phi) is 6.47. The van der Waals surface area contributed by atoms with Gasteiger partial charge in [-0.2, -0.15) is 4.98 Å². The number of amides is 2. The number of hydrogen-bond donors (Lipinski definition) is 1. The molecule has 0 radical (unpaired) electrons. The van der Waals surface area contributed by atoms with Gasteiger partial charge in [0.2, 0.25) is 0 Å². The van der Waals surface area contributed by atoms with Crippen molar-refractivity contribution in [3.8, 4) is 17.3 Å². The lowest BCUT2D eigenvalue weighted by Crippen LogP contribution is -2.46. The first kappa shape index (κ1) is 22.7. The van der Waals surface area contributed by atoms with Crippen molar-refractivity contribution in [1.29, 1.82) is 0 Å². The minimum atomic E-state index is -0.00514. The highest BCUT2D eigenvalue weighted by molar-refractivity contribution is 6.33. The van der Waals surface area contributed by atoms with Gasteiger partial charge in [-0.15, -0.1) is 0 Å². The van der Waals surface area contributed by atoms with Crippen LogP contribution in [0.1, 0.15) is 12.8 Å². The molecule has 0 saturated carbocycles. The Balaban J connectivity index is 1.28. The summed E-state index contributed by atoms with van der Waals surface area (Å²) in [4.78, 5) is 30.3. The van der Waals surface area contributed by atoms with Gasteiger partial charge in [0.25, 0.3) is 6.01 Å². The van der Waals surface area contributed by atoms with E-state index in [9.17, 15) is 4.79 Å². The molecule has 10 heteroatoms. The number of benzene rings is 1. The molecule has 2 fully saturated rings. The highest BCUT2D eigenvalue weighted by Gasteiger charge is 2.25. The average Bonchev–Trinajstić information content (AvgIpc) is 3.25. The van der Waals surface area contributed by atoms with E-state index in [-0.39, 0.29) is 12.1 Å². The van der Waals surface area contributed by atoms with Crippen LogP contribution in [-0.4, -0.2) is 90.4 Å². The van der Waals surface area contributed by atoms with Crippen LogP contribution in [0.15, 0.2) is 30.3 Å². The number of carbonyl (C=O) groups is 1. The number of aromatic amines is 1. The summed E-state index contributed by atoms with van der Waals surface area (Å²) < 4.78 is 11.5. The van der Waals surface area contributed by atoms with E-state index in [4.69, 9.17) is 26.1 Å². The molecular weight excluding hydrogens is 456 g/mol. The third kappa shape index (κ3) is 4.76. The maximum absolute atomic E-state index is 12.1. The SMILES string of the molecule is CN(C)C(=O)N1CCC(Oc2nc3nc(-c4ccc(N5CCOCC5)cc4)c(Cl)cc3[nH]2)CC1. The van der Waals surface area contributed by atoms with Gasteiger partial charge in [0.05, 0.1) is 29.4 Å². The molecule has 9 nitrogen and oxygen atoms in total. The number of carbonyl (C=O) groups excluding carboxylic acids is 1. The van der Waals surface area contributed by atoms with E-state index in [2.05, 4.69) is 27.0 Å². The molecule has 0 spiro atoms. The number of imidazole rings is 1. The summed E-state index contributed by atoms with van der Waals surface area (Å²) in [5.41, 5.74) is 4.09. The molecule has 0 atom stereocenters. The predicted octanol–water partition coefficient (Wildman–Crippen LogP) is 3.64. The molecule has 2 saturated heterocycles. The number of ether oxygens (including phenoxy) is 2. The van der Waals surface area contributed by atoms with Gasteiger partial charge in [0.15, 0.2) is 5.65 Å². The first-order chi connectivity index (χ1) is 16.5. The van der Waals surface area contributed by atoms with Gasteiger partial charge in [-0.05, 0) is 18.2 Å². The number of hydrogen-bond acceptors (Lipinski definition) is 6. The molecule has 0 bridgehead atoms.